The zero-order valence-electron chi connectivity index (χ0n) is 7.26. The van der Waals surface area contributed by atoms with E-state index in [1.807, 2.05) is 0 Å². The minimum atomic E-state index is -3.83. The molecule has 76 valence electrons. The molecule has 13 heavy (non-hydrogen) atoms. The summed E-state index contributed by atoms with van der Waals surface area (Å²) < 4.78 is 24.0. The summed E-state index contributed by atoms with van der Waals surface area (Å²) in [5.41, 5.74) is 0. The Morgan fingerprint density at radius 3 is 1.69 bits per heavy atom. The van der Waals surface area contributed by atoms with Crippen molar-refractivity contribution in [3.8, 4) is 0 Å². The fourth-order valence-electron chi connectivity index (χ4n) is 0.874. The van der Waals surface area contributed by atoms with E-state index in [9.17, 15) is 0 Å². The number of rotatable bonds is 0. The van der Waals surface area contributed by atoms with Gasteiger partial charge in [0.05, 0.1) is 0 Å². The molecular formula is C8H14O3S2. The Morgan fingerprint density at radius 2 is 1.38 bits per heavy atom. The predicted molar refractivity (Wildman–Crippen MR) is 57.5 cm³/mol. The van der Waals surface area contributed by atoms with Gasteiger partial charge in [-0.25, -0.2) is 0 Å². The lowest BCUT2D eigenvalue weighted by Crippen LogP contribution is -1.86. The third kappa shape index (κ3) is 18.6. The van der Waals surface area contributed by atoms with Gasteiger partial charge in [0.1, 0.15) is 0 Å². The summed E-state index contributed by atoms with van der Waals surface area (Å²) in [5, 5.41) is 0. The highest BCUT2D eigenvalue weighted by atomic mass is 32.9. The molecule has 0 aliphatic heterocycles. The first-order valence-electron chi connectivity index (χ1n) is 4.01. The summed E-state index contributed by atoms with van der Waals surface area (Å²) >= 11 is 3.47. The molecule has 3 nitrogen and oxygen atoms in total. The molecule has 1 aliphatic rings. The second kappa shape index (κ2) is 7.20. The summed E-state index contributed by atoms with van der Waals surface area (Å²) in [4.78, 5) is 0. The molecule has 0 saturated heterocycles. The molecule has 0 bridgehead atoms. The molecule has 0 aromatic rings. The molecule has 5 heteroatoms. The number of hydrogen-bond acceptors (Lipinski definition) is 2. The summed E-state index contributed by atoms with van der Waals surface area (Å²) in [6.45, 7) is 0. The Labute approximate surface area is 83.9 Å². The van der Waals surface area contributed by atoms with Gasteiger partial charge in [0.25, 0.3) is 9.05 Å². The van der Waals surface area contributed by atoms with E-state index in [-0.39, 0.29) is 0 Å². The maximum atomic E-state index is 9.11. The van der Waals surface area contributed by atoms with E-state index in [0.717, 1.165) is 0 Å². The van der Waals surface area contributed by atoms with Crippen LogP contribution in [0, 0.1) is 0 Å². The van der Waals surface area contributed by atoms with Crippen LogP contribution in [0.25, 0.3) is 0 Å². The molecule has 1 aliphatic carbocycles. The molecule has 0 heterocycles. The molecule has 0 unspecified atom stereocenters. The second-order valence-corrected chi connectivity index (χ2v) is 4.79. The van der Waals surface area contributed by atoms with Crippen LogP contribution in [0.4, 0.5) is 0 Å². The van der Waals surface area contributed by atoms with E-state index in [0.29, 0.717) is 0 Å². The van der Waals surface area contributed by atoms with Crippen molar-refractivity contribution in [2.75, 3.05) is 0 Å². The summed E-state index contributed by atoms with van der Waals surface area (Å²) in [5.74, 6) is 0. The Hall–Kier alpha value is -0.230. The Kier molecular flexibility index (Phi) is 7.07. The monoisotopic (exact) mass is 222 g/mol. The topological polar surface area (TPSA) is 57.5 Å². The Morgan fingerprint density at radius 1 is 1.08 bits per heavy atom. The highest BCUT2D eigenvalue weighted by Gasteiger charge is 1.84. The molecule has 0 fully saturated rings. The van der Waals surface area contributed by atoms with E-state index in [1.54, 1.807) is 0 Å². The third-order valence-corrected chi connectivity index (χ3v) is 1.37. The summed E-state index contributed by atoms with van der Waals surface area (Å²) in [7, 11) is -3.83. The first kappa shape index (κ1) is 12.8. The van der Waals surface area contributed by atoms with Gasteiger partial charge in [-0.05, 0) is 25.7 Å². The van der Waals surface area contributed by atoms with E-state index in [2.05, 4.69) is 35.5 Å². The third-order valence-electron chi connectivity index (χ3n) is 1.37. The van der Waals surface area contributed by atoms with E-state index in [4.69, 9.17) is 13.3 Å². The minimum absolute atomic E-state index is 1.27. The molecule has 0 amide bonds. The highest BCUT2D eigenvalue weighted by Crippen LogP contribution is 2.04. The SMILES string of the molecule is C1=CCCCCC=C1.O=S(O)(O)=S. The maximum Gasteiger partial charge on any atom is 0.263 e. The Balaban J connectivity index is 0.000000252. The van der Waals surface area contributed by atoms with Gasteiger partial charge in [-0.3, -0.25) is 9.11 Å². The smallest absolute Gasteiger partial charge is 0.263 e. The maximum absolute atomic E-state index is 9.11. The van der Waals surface area contributed by atoms with Gasteiger partial charge in [-0.15, -0.1) is 0 Å². The van der Waals surface area contributed by atoms with Crippen LogP contribution in [0.2, 0.25) is 0 Å². The number of hydrogen-bond donors (Lipinski definition) is 2. The molecule has 0 aromatic heterocycles. The lowest BCUT2D eigenvalue weighted by atomic mass is 10.1. The van der Waals surface area contributed by atoms with Crippen LogP contribution in [-0.4, -0.2) is 13.3 Å². The van der Waals surface area contributed by atoms with Gasteiger partial charge in [0.2, 0.25) is 0 Å². The van der Waals surface area contributed by atoms with Gasteiger partial charge in [-0.2, -0.15) is 4.21 Å². The zero-order valence-corrected chi connectivity index (χ0v) is 8.89. The van der Waals surface area contributed by atoms with Crippen LogP contribution >= 0.6 is 0 Å². The standard InChI is InChI=1S/C8H12.H2O3S2/c1-2-4-6-8-7-5-3-1;1-5(2,3)4/h1-4H,5-8H2;(H2,1,2,3,4). The Bertz CT molecular complexity index is 243. The summed E-state index contributed by atoms with van der Waals surface area (Å²) in [6.07, 6.45) is 14.0. The van der Waals surface area contributed by atoms with Gasteiger partial charge < -0.3 is 0 Å². The lowest BCUT2D eigenvalue weighted by molar-refractivity contribution is 0.450. The average Bonchev–Trinajstić information content (AvgIpc) is 1.79. The van der Waals surface area contributed by atoms with Gasteiger partial charge in [0.15, 0.2) is 0 Å². The van der Waals surface area contributed by atoms with Crippen molar-refractivity contribution in [2.45, 2.75) is 25.7 Å². The van der Waals surface area contributed by atoms with Gasteiger partial charge in [0, 0.05) is 11.2 Å². The molecule has 0 atom stereocenters. The molecule has 2 N–H and O–H groups in total. The van der Waals surface area contributed by atoms with Crippen molar-refractivity contribution >= 4 is 20.2 Å². The molecule has 0 spiro atoms. The fourth-order valence-corrected chi connectivity index (χ4v) is 0.874. The fraction of sp³-hybridized carbons (Fsp3) is 0.500. The largest absolute Gasteiger partial charge is 0.285 e. The molecule has 0 aromatic carbocycles. The van der Waals surface area contributed by atoms with Gasteiger partial charge in [-0.1, -0.05) is 24.3 Å². The van der Waals surface area contributed by atoms with Crippen LogP contribution in [0.3, 0.4) is 0 Å². The molecule has 1 rings (SSSR count). The van der Waals surface area contributed by atoms with E-state index in [1.165, 1.54) is 25.7 Å². The average molecular weight is 222 g/mol. The van der Waals surface area contributed by atoms with Crippen molar-refractivity contribution in [3.63, 3.8) is 0 Å². The van der Waals surface area contributed by atoms with Gasteiger partial charge >= 0.3 is 0 Å². The number of allylic oxidation sites excluding steroid dienone is 4. The first-order valence-corrected chi connectivity index (χ1v) is 6.41. The molecule has 0 radical (unpaired) electrons. The summed E-state index contributed by atoms with van der Waals surface area (Å²) in [6, 6.07) is 0. The highest BCUT2D eigenvalue weighted by molar-refractivity contribution is 8.26. The van der Waals surface area contributed by atoms with Crippen molar-refractivity contribution in [1.82, 2.24) is 0 Å². The predicted octanol–water partition coefficient (Wildman–Crippen LogP) is 2.35. The lowest BCUT2D eigenvalue weighted by Gasteiger charge is -1.94. The van der Waals surface area contributed by atoms with Crippen LogP contribution in [0.15, 0.2) is 24.3 Å². The first-order chi connectivity index (χ1) is 6.00. The second-order valence-electron chi connectivity index (χ2n) is 2.59. The van der Waals surface area contributed by atoms with Crippen LogP contribution in [0.1, 0.15) is 25.7 Å². The van der Waals surface area contributed by atoms with Crippen molar-refractivity contribution in [2.24, 2.45) is 0 Å². The van der Waals surface area contributed by atoms with Crippen molar-refractivity contribution in [1.29, 1.82) is 0 Å². The molecule has 0 saturated carbocycles. The van der Waals surface area contributed by atoms with Crippen LogP contribution in [-0.2, 0) is 20.2 Å². The minimum Gasteiger partial charge on any atom is -0.285 e. The normalized spacial score (nSPS) is 16.8. The van der Waals surface area contributed by atoms with Crippen molar-refractivity contribution in [3.05, 3.63) is 24.3 Å². The van der Waals surface area contributed by atoms with E-state index >= 15 is 0 Å². The van der Waals surface area contributed by atoms with Crippen LogP contribution in [0.5, 0.6) is 0 Å². The molecular weight excluding hydrogens is 208 g/mol. The van der Waals surface area contributed by atoms with Crippen molar-refractivity contribution < 1.29 is 13.3 Å². The van der Waals surface area contributed by atoms with Crippen LogP contribution < -0.4 is 0 Å². The zero-order chi connectivity index (χ0) is 10.2. The van der Waals surface area contributed by atoms with E-state index < -0.39 is 9.05 Å². The quantitative estimate of drug-likeness (QED) is 0.660.